The average molecular weight is 496 g/mol. The number of amides is 2. The van der Waals surface area contributed by atoms with Crippen molar-refractivity contribution in [3.8, 4) is 5.75 Å². The fourth-order valence-electron chi connectivity index (χ4n) is 4.05. The first kappa shape index (κ1) is 26.5. The number of nitrogens with two attached hydrogens (primary N) is 1. The van der Waals surface area contributed by atoms with E-state index in [9.17, 15) is 27.2 Å². The van der Waals surface area contributed by atoms with E-state index >= 15 is 0 Å². The summed E-state index contributed by atoms with van der Waals surface area (Å²) < 4.78 is 54.2. The van der Waals surface area contributed by atoms with Crippen molar-refractivity contribution in [2.45, 2.75) is 50.6 Å². The summed E-state index contributed by atoms with van der Waals surface area (Å²) in [5.41, 5.74) is 7.28. The van der Waals surface area contributed by atoms with Gasteiger partial charge in [0.1, 0.15) is 17.6 Å². The molecular formula is C25H29F4N3O3. The molecular weight excluding hydrogens is 466 g/mol. The molecule has 0 radical (unpaired) electrons. The number of halogens is 4. The molecule has 1 fully saturated rings. The molecule has 6 nitrogen and oxygen atoms in total. The van der Waals surface area contributed by atoms with E-state index < -0.39 is 12.4 Å². The second-order valence-electron chi connectivity index (χ2n) is 8.72. The van der Waals surface area contributed by atoms with E-state index in [0.717, 1.165) is 17.7 Å². The largest absolute Gasteiger partial charge is 0.573 e. The van der Waals surface area contributed by atoms with Crippen LogP contribution in [0.5, 0.6) is 5.75 Å². The molecule has 1 aliphatic rings. The fraction of sp³-hybridized carbons (Fsp3) is 0.440. The maximum atomic E-state index is 13.4. The highest BCUT2D eigenvalue weighted by Crippen LogP contribution is 2.23. The first-order valence-corrected chi connectivity index (χ1v) is 11.4. The number of ether oxygens (including phenoxy) is 1. The summed E-state index contributed by atoms with van der Waals surface area (Å²) in [6.45, 7) is 1.02. The molecule has 1 unspecified atom stereocenters. The lowest BCUT2D eigenvalue weighted by Gasteiger charge is -2.36. The molecule has 190 valence electrons. The number of aryl methyl sites for hydroxylation is 1. The Morgan fingerprint density at radius 2 is 1.63 bits per heavy atom. The van der Waals surface area contributed by atoms with Gasteiger partial charge in [-0.25, -0.2) is 4.39 Å². The monoisotopic (exact) mass is 495 g/mol. The second-order valence-corrected chi connectivity index (χ2v) is 8.72. The molecule has 3 rings (SSSR count). The summed E-state index contributed by atoms with van der Waals surface area (Å²) in [5.74, 6) is -1.26. The molecule has 2 amide bonds. The number of likely N-dealkylation sites (tertiary alicyclic amines) is 1. The average Bonchev–Trinajstić information content (AvgIpc) is 2.81. The Morgan fingerprint density at radius 1 is 1.06 bits per heavy atom. The summed E-state index contributed by atoms with van der Waals surface area (Å²) in [6, 6.07) is 10.3. The van der Waals surface area contributed by atoms with Gasteiger partial charge in [-0.3, -0.25) is 9.59 Å². The number of hydrogen-bond acceptors (Lipinski definition) is 4. The number of benzene rings is 2. The lowest BCUT2D eigenvalue weighted by atomic mass is 10.00. The van der Waals surface area contributed by atoms with Gasteiger partial charge in [-0.2, -0.15) is 0 Å². The molecule has 1 atom stereocenters. The van der Waals surface area contributed by atoms with Gasteiger partial charge in [0, 0.05) is 26.2 Å². The summed E-state index contributed by atoms with van der Waals surface area (Å²) in [6.07, 6.45) is -2.72. The third-order valence-corrected chi connectivity index (χ3v) is 6.13. The van der Waals surface area contributed by atoms with Gasteiger partial charge in [0.2, 0.25) is 11.8 Å². The maximum Gasteiger partial charge on any atom is 0.573 e. The van der Waals surface area contributed by atoms with Gasteiger partial charge >= 0.3 is 6.36 Å². The zero-order valence-corrected chi connectivity index (χ0v) is 19.4. The van der Waals surface area contributed by atoms with E-state index in [4.69, 9.17) is 5.73 Å². The van der Waals surface area contributed by atoms with Crippen LogP contribution >= 0.6 is 0 Å². The van der Waals surface area contributed by atoms with E-state index in [1.54, 1.807) is 24.1 Å². The van der Waals surface area contributed by atoms with Gasteiger partial charge in [0.05, 0.1) is 6.42 Å². The second kappa shape index (κ2) is 11.5. The third kappa shape index (κ3) is 7.95. The zero-order chi connectivity index (χ0) is 25.6. The Hall–Kier alpha value is -3.14. The van der Waals surface area contributed by atoms with Crippen molar-refractivity contribution in [1.29, 1.82) is 0 Å². The van der Waals surface area contributed by atoms with Gasteiger partial charge in [-0.15, -0.1) is 13.2 Å². The minimum absolute atomic E-state index is 0.0420. The molecule has 0 aromatic heterocycles. The van der Waals surface area contributed by atoms with Crippen LogP contribution in [0.2, 0.25) is 0 Å². The van der Waals surface area contributed by atoms with Crippen LogP contribution < -0.4 is 10.5 Å². The lowest BCUT2D eigenvalue weighted by molar-refractivity contribution is -0.274. The Bertz CT molecular complexity index is 989. The van der Waals surface area contributed by atoms with E-state index in [1.807, 2.05) is 0 Å². The number of carbonyl (C=O) groups is 2. The molecule has 1 aliphatic heterocycles. The molecule has 2 aromatic carbocycles. The molecule has 1 saturated heterocycles. The van der Waals surface area contributed by atoms with Crippen molar-refractivity contribution < 1.29 is 31.9 Å². The number of carbonyl (C=O) groups excluding carboxylic acids is 2. The summed E-state index contributed by atoms with van der Waals surface area (Å²) in [7, 11) is 1.55. The Balaban J connectivity index is 1.70. The Kier molecular flexibility index (Phi) is 8.71. The van der Waals surface area contributed by atoms with Crippen LogP contribution in [0.1, 0.15) is 30.4 Å². The first-order valence-electron chi connectivity index (χ1n) is 11.4. The molecule has 1 heterocycles. The van der Waals surface area contributed by atoms with Crippen molar-refractivity contribution in [2.75, 3.05) is 20.1 Å². The molecule has 0 spiro atoms. The van der Waals surface area contributed by atoms with Crippen LogP contribution in [-0.2, 0) is 22.4 Å². The first-order chi connectivity index (χ1) is 16.5. The number of nitrogens with zero attached hydrogens (tertiary/aromatic N) is 2. The number of hydrogen-bond donors (Lipinski definition) is 1. The number of alkyl halides is 3. The topological polar surface area (TPSA) is 75.9 Å². The van der Waals surface area contributed by atoms with Crippen LogP contribution in [0, 0.1) is 5.82 Å². The number of likely N-dealkylation sites (N-methyl/N-ethyl adjacent to an activating group) is 1. The SMILES string of the molecule is CN(C(=O)Cc1ccc(OC(F)(F)F)cc1)C(CCc1ccc(F)cc1)C(=O)N1CCC(N)CC1. The van der Waals surface area contributed by atoms with Gasteiger partial charge in [0.15, 0.2) is 0 Å². The molecule has 2 aromatic rings. The fourth-order valence-corrected chi connectivity index (χ4v) is 4.05. The highest BCUT2D eigenvalue weighted by atomic mass is 19.4. The van der Waals surface area contributed by atoms with Crippen molar-refractivity contribution in [1.82, 2.24) is 9.80 Å². The van der Waals surface area contributed by atoms with Gasteiger partial charge in [-0.1, -0.05) is 24.3 Å². The van der Waals surface area contributed by atoms with Crippen molar-refractivity contribution >= 4 is 11.8 Å². The van der Waals surface area contributed by atoms with E-state index in [1.165, 1.54) is 29.2 Å². The van der Waals surface area contributed by atoms with Gasteiger partial charge in [0.25, 0.3) is 0 Å². The highest BCUT2D eigenvalue weighted by molar-refractivity contribution is 5.88. The van der Waals surface area contributed by atoms with Crippen molar-refractivity contribution in [2.24, 2.45) is 5.73 Å². The number of rotatable bonds is 8. The minimum Gasteiger partial charge on any atom is -0.406 e. The predicted octanol–water partition coefficient (Wildman–Crippen LogP) is 3.68. The van der Waals surface area contributed by atoms with Crippen LogP contribution in [0.15, 0.2) is 48.5 Å². The normalized spacial score (nSPS) is 15.5. The van der Waals surface area contributed by atoms with Crippen LogP contribution in [0.25, 0.3) is 0 Å². The molecule has 35 heavy (non-hydrogen) atoms. The van der Waals surface area contributed by atoms with Crippen molar-refractivity contribution in [3.63, 3.8) is 0 Å². The maximum absolute atomic E-state index is 13.4. The molecule has 0 aliphatic carbocycles. The van der Waals surface area contributed by atoms with Gasteiger partial charge in [-0.05, 0) is 61.1 Å². The standard InChI is InChI=1S/C25H29F4N3O3/c1-31(23(33)16-18-4-9-21(10-5-18)35-25(27,28)29)22(11-6-17-2-7-19(26)8-3-17)24(34)32-14-12-20(30)13-15-32/h2-5,7-10,20,22H,6,11-16,30H2,1H3. The van der Waals surface area contributed by atoms with Crippen LogP contribution in [0.3, 0.4) is 0 Å². The van der Waals surface area contributed by atoms with Gasteiger partial charge < -0.3 is 20.3 Å². The third-order valence-electron chi connectivity index (χ3n) is 6.13. The molecule has 0 bridgehead atoms. The lowest BCUT2D eigenvalue weighted by Crippen LogP contribution is -2.53. The Labute approximate surface area is 201 Å². The summed E-state index contributed by atoms with van der Waals surface area (Å²) in [4.78, 5) is 29.5. The number of piperidine rings is 1. The summed E-state index contributed by atoms with van der Waals surface area (Å²) in [5, 5.41) is 0. The summed E-state index contributed by atoms with van der Waals surface area (Å²) >= 11 is 0. The van der Waals surface area contributed by atoms with Crippen LogP contribution in [-0.4, -0.2) is 60.2 Å². The van der Waals surface area contributed by atoms with E-state index in [-0.39, 0.29) is 35.8 Å². The van der Waals surface area contributed by atoms with Crippen molar-refractivity contribution in [3.05, 3.63) is 65.5 Å². The molecule has 0 saturated carbocycles. The minimum atomic E-state index is -4.80. The Morgan fingerprint density at radius 3 is 2.20 bits per heavy atom. The smallest absolute Gasteiger partial charge is 0.406 e. The highest BCUT2D eigenvalue weighted by Gasteiger charge is 2.33. The quantitative estimate of drug-likeness (QED) is 0.567. The predicted molar refractivity (Wildman–Crippen MR) is 122 cm³/mol. The molecule has 10 heteroatoms. The zero-order valence-electron chi connectivity index (χ0n) is 19.4. The molecule has 2 N–H and O–H groups in total. The van der Waals surface area contributed by atoms with Crippen LogP contribution in [0.4, 0.5) is 17.6 Å². The van der Waals surface area contributed by atoms with E-state index in [2.05, 4.69) is 4.74 Å². The van der Waals surface area contributed by atoms with E-state index in [0.29, 0.717) is 44.3 Å².